The highest BCUT2D eigenvalue weighted by Crippen LogP contribution is 2.45. The van der Waals surface area contributed by atoms with Crippen LogP contribution in [0.4, 0.5) is 0 Å². The number of ether oxygens (including phenoxy) is 1. The minimum atomic E-state index is 0.0180. The Morgan fingerprint density at radius 2 is 1.88 bits per heavy atom. The van der Waals surface area contributed by atoms with Gasteiger partial charge in [0.1, 0.15) is 11.4 Å². The van der Waals surface area contributed by atoms with Crippen molar-refractivity contribution in [3.05, 3.63) is 53.6 Å². The molecule has 5 rings (SSSR count). The van der Waals surface area contributed by atoms with Crippen LogP contribution in [0.1, 0.15) is 43.2 Å². The van der Waals surface area contributed by atoms with Gasteiger partial charge in [-0.15, -0.1) is 0 Å². The lowest BCUT2D eigenvalue weighted by atomic mass is 9.80. The standard InChI is InChI=1S/C23H24N2O/c24-16-17-4-6-18(7-5-17)19-8-9-22-20(13-19)14-23(26-22)10-12-25-11-2-1-3-21(25)15-23/h4-9,13,21H,1-3,10-12,14-15H2/t21-,23-/m0/s1. The van der Waals surface area contributed by atoms with Crippen LogP contribution in [-0.2, 0) is 6.42 Å². The Bertz CT molecular complexity index is 867. The number of piperidine rings is 2. The smallest absolute Gasteiger partial charge is 0.123 e. The van der Waals surface area contributed by atoms with Crippen molar-refractivity contribution < 1.29 is 4.74 Å². The fourth-order valence-corrected chi connectivity index (χ4v) is 5.07. The van der Waals surface area contributed by atoms with Crippen LogP contribution >= 0.6 is 0 Å². The van der Waals surface area contributed by atoms with Crippen molar-refractivity contribution in [3.8, 4) is 22.9 Å². The average Bonchev–Trinajstić information content (AvgIpc) is 3.04. The van der Waals surface area contributed by atoms with Gasteiger partial charge in [-0.05, 0) is 60.3 Å². The quantitative estimate of drug-likeness (QED) is 0.761. The maximum absolute atomic E-state index is 8.98. The van der Waals surface area contributed by atoms with Crippen LogP contribution in [0.3, 0.4) is 0 Å². The van der Waals surface area contributed by atoms with Crippen molar-refractivity contribution >= 4 is 0 Å². The van der Waals surface area contributed by atoms with Gasteiger partial charge in [-0.1, -0.05) is 24.6 Å². The maximum atomic E-state index is 8.98. The highest BCUT2D eigenvalue weighted by Gasteiger charge is 2.46. The van der Waals surface area contributed by atoms with Crippen molar-refractivity contribution in [3.63, 3.8) is 0 Å². The lowest BCUT2D eigenvalue weighted by molar-refractivity contribution is -0.0249. The summed E-state index contributed by atoms with van der Waals surface area (Å²) in [6.45, 7) is 2.46. The molecule has 2 fully saturated rings. The van der Waals surface area contributed by atoms with Crippen LogP contribution in [0.2, 0.25) is 0 Å². The van der Waals surface area contributed by atoms with E-state index in [-0.39, 0.29) is 5.60 Å². The highest BCUT2D eigenvalue weighted by atomic mass is 16.5. The zero-order valence-corrected chi connectivity index (χ0v) is 15.1. The second-order valence-electron chi connectivity index (χ2n) is 8.11. The molecule has 2 aromatic rings. The summed E-state index contributed by atoms with van der Waals surface area (Å²) in [4.78, 5) is 2.68. The molecule has 132 valence electrons. The highest BCUT2D eigenvalue weighted by molar-refractivity contribution is 5.67. The van der Waals surface area contributed by atoms with Gasteiger partial charge < -0.3 is 9.64 Å². The largest absolute Gasteiger partial charge is 0.487 e. The molecule has 1 spiro atoms. The van der Waals surface area contributed by atoms with Crippen molar-refractivity contribution in [1.82, 2.24) is 4.90 Å². The third-order valence-corrected chi connectivity index (χ3v) is 6.46. The SMILES string of the molecule is N#Cc1ccc(-c2ccc3c(c2)C[C@]2(CCN4CCCC[C@H]4C2)O3)cc1. The summed E-state index contributed by atoms with van der Waals surface area (Å²) in [5.41, 5.74) is 4.44. The molecule has 3 heterocycles. The van der Waals surface area contributed by atoms with Crippen LogP contribution < -0.4 is 4.74 Å². The molecule has 3 aliphatic heterocycles. The topological polar surface area (TPSA) is 36.3 Å². The van der Waals surface area contributed by atoms with Gasteiger partial charge in [-0.3, -0.25) is 0 Å². The molecule has 0 unspecified atom stereocenters. The summed E-state index contributed by atoms with van der Waals surface area (Å²) in [6, 6.07) is 17.3. The normalized spacial score (nSPS) is 27.4. The minimum Gasteiger partial charge on any atom is -0.487 e. The van der Waals surface area contributed by atoms with Gasteiger partial charge in [0.2, 0.25) is 0 Å². The van der Waals surface area contributed by atoms with E-state index in [0.29, 0.717) is 11.6 Å². The van der Waals surface area contributed by atoms with Crippen molar-refractivity contribution in [2.75, 3.05) is 13.1 Å². The summed E-state index contributed by atoms with van der Waals surface area (Å²) in [5.74, 6) is 1.08. The van der Waals surface area contributed by atoms with E-state index in [1.807, 2.05) is 24.3 Å². The first-order valence-electron chi connectivity index (χ1n) is 9.81. The summed E-state index contributed by atoms with van der Waals surface area (Å²) >= 11 is 0. The molecule has 2 saturated heterocycles. The number of fused-ring (bicyclic) bond motifs is 2. The fraction of sp³-hybridized carbons (Fsp3) is 0.435. The van der Waals surface area contributed by atoms with Crippen molar-refractivity contribution in [2.24, 2.45) is 0 Å². The number of nitrogens with zero attached hydrogens (tertiary/aromatic N) is 2. The molecule has 0 radical (unpaired) electrons. The van der Waals surface area contributed by atoms with Crippen molar-refractivity contribution in [2.45, 2.75) is 50.2 Å². The second-order valence-corrected chi connectivity index (χ2v) is 8.11. The molecule has 0 N–H and O–H groups in total. The minimum absolute atomic E-state index is 0.0180. The molecule has 0 saturated carbocycles. The molecule has 2 atom stereocenters. The van der Waals surface area contributed by atoms with Crippen LogP contribution in [0.15, 0.2) is 42.5 Å². The van der Waals surface area contributed by atoms with Gasteiger partial charge in [0, 0.05) is 31.8 Å². The van der Waals surface area contributed by atoms with E-state index in [4.69, 9.17) is 10.00 Å². The number of rotatable bonds is 1. The molecule has 3 heteroatoms. The predicted molar refractivity (Wildman–Crippen MR) is 102 cm³/mol. The number of nitriles is 1. The van der Waals surface area contributed by atoms with E-state index in [1.165, 1.54) is 49.9 Å². The first-order chi connectivity index (χ1) is 12.7. The molecule has 0 aliphatic carbocycles. The van der Waals surface area contributed by atoms with E-state index in [2.05, 4.69) is 29.2 Å². The van der Waals surface area contributed by atoms with Gasteiger partial charge in [0.15, 0.2) is 0 Å². The summed E-state index contributed by atoms with van der Waals surface area (Å²) in [6.07, 6.45) is 7.42. The molecular weight excluding hydrogens is 320 g/mol. The lowest BCUT2D eigenvalue weighted by Crippen LogP contribution is -2.54. The summed E-state index contributed by atoms with van der Waals surface area (Å²) < 4.78 is 6.54. The van der Waals surface area contributed by atoms with Crippen LogP contribution in [0.25, 0.3) is 11.1 Å². The van der Waals surface area contributed by atoms with E-state index in [9.17, 15) is 0 Å². The van der Waals surface area contributed by atoms with E-state index in [0.717, 1.165) is 24.2 Å². The molecule has 0 aromatic heterocycles. The molecule has 0 bridgehead atoms. The molecule has 26 heavy (non-hydrogen) atoms. The zero-order chi connectivity index (χ0) is 17.6. The third kappa shape index (κ3) is 2.70. The Morgan fingerprint density at radius 1 is 1.04 bits per heavy atom. The first-order valence-corrected chi connectivity index (χ1v) is 9.81. The molecule has 3 aliphatic rings. The molecular formula is C23H24N2O. The Labute approximate surface area is 155 Å². The van der Waals surface area contributed by atoms with E-state index < -0.39 is 0 Å². The summed E-state index contributed by atoms with van der Waals surface area (Å²) in [7, 11) is 0. The van der Waals surface area contributed by atoms with Gasteiger partial charge in [0.25, 0.3) is 0 Å². The molecule has 2 aromatic carbocycles. The zero-order valence-electron chi connectivity index (χ0n) is 15.1. The Kier molecular flexibility index (Phi) is 3.76. The van der Waals surface area contributed by atoms with Gasteiger partial charge in [-0.25, -0.2) is 0 Å². The van der Waals surface area contributed by atoms with Gasteiger partial charge in [-0.2, -0.15) is 5.26 Å². The number of hydrogen-bond donors (Lipinski definition) is 0. The van der Waals surface area contributed by atoms with Crippen molar-refractivity contribution in [1.29, 1.82) is 5.26 Å². The van der Waals surface area contributed by atoms with Crippen LogP contribution in [0.5, 0.6) is 5.75 Å². The van der Waals surface area contributed by atoms with E-state index >= 15 is 0 Å². The van der Waals surface area contributed by atoms with Crippen LogP contribution in [0, 0.1) is 11.3 Å². The molecule has 3 nitrogen and oxygen atoms in total. The number of hydrogen-bond acceptors (Lipinski definition) is 3. The number of benzene rings is 2. The van der Waals surface area contributed by atoms with Gasteiger partial charge in [0.05, 0.1) is 11.6 Å². The monoisotopic (exact) mass is 344 g/mol. The van der Waals surface area contributed by atoms with E-state index in [1.54, 1.807) is 0 Å². The average molecular weight is 344 g/mol. The van der Waals surface area contributed by atoms with Crippen LogP contribution in [-0.4, -0.2) is 29.6 Å². The summed E-state index contributed by atoms with van der Waals surface area (Å²) in [5, 5.41) is 8.98. The maximum Gasteiger partial charge on any atom is 0.123 e. The van der Waals surface area contributed by atoms with Gasteiger partial charge >= 0.3 is 0 Å². The lowest BCUT2D eigenvalue weighted by Gasteiger charge is -2.46. The Balaban J connectivity index is 1.39. The molecule has 0 amide bonds. The second kappa shape index (κ2) is 6.14. The first kappa shape index (κ1) is 15.9. The Hall–Kier alpha value is -2.31. The third-order valence-electron chi connectivity index (χ3n) is 6.46. The fourth-order valence-electron chi connectivity index (χ4n) is 5.07. The predicted octanol–water partition coefficient (Wildman–Crippen LogP) is 4.55. The Morgan fingerprint density at radius 3 is 2.73 bits per heavy atom.